The van der Waals surface area contributed by atoms with E-state index in [2.05, 4.69) is 12.2 Å². The highest BCUT2D eigenvalue weighted by Crippen LogP contribution is 2.24. The number of benzene rings is 1. The van der Waals surface area contributed by atoms with Gasteiger partial charge in [0.2, 0.25) is 0 Å². The van der Waals surface area contributed by atoms with Crippen molar-refractivity contribution in [1.29, 1.82) is 0 Å². The van der Waals surface area contributed by atoms with Crippen LogP contribution in [0.2, 0.25) is 10.0 Å². The molecule has 1 saturated heterocycles. The summed E-state index contributed by atoms with van der Waals surface area (Å²) in [7, 11) is 0. The maximum Gasteiger partial charge on any atom is 0.0452 e. The lowest BCUT2D eigenvalue weighted by molar-refractivity contribution is 0.322. The number of hydrogen-bond acceptors (Lipinski definition) is 1. The van der Waals surface area contributed by atoms with Crippen LogP contribution in [-0.4, -0.2) is 12.1 Å². The number of piperidine rings is 1. The highest BCUT2D eigenvalue weighted by atomic mass is 35.5. The summed E-state index contributed by atoms with van der Waals surface area (Å²) in [5.74, 6) is 0. The summed E-state index contributed by atoms with van der Waals surface area (Å²) >= 11 is 12.1. The van der Waals surface area contributed by atoms with Crippen LogP contribution in [0.4, 0.5) is 0 Å². The smallest absolute Gasteiger partial charge is 0.0452 e. The molecule has 0 spiro atoms. The summed E-state index contributed by atoms with van der Waals surface area (Å²) < 4.78 is 0. The van der Waals surface area contributed by atoms with E-state index >= 15 is 0 Å². The minimum absolute atomic E-state index is 0.644. The maximum atomic E-state index is 6.17. The van der Waals surface area contributed by atoms with Crippen molar-refractivity contribution in [3.05, 3.63) is 33.8 Å². The van der Waals surface area contributed by atoms with Crippen molar-refractivity contribution in [2.75, 3.05) is 0 Å². The highest BCUT2D eigenvalue weighted by Gasteiger charge is 2.17. The standard InChI is InChI=1S/C14H19Cl2N/c1-10-3-2-4-13(17-10)8-6-11-5-7-12(15)9-14(11)16/h5,7,9-10,13,17H,2-4,6,8H2,1H3. The Labute approximate surface area is 114 Å². The van der Waals surface area contributed by atoms with Gasteiger partial charge in [0.25, 0.3) is 0 Å². The van der Waals surface area contributed by atoms with Crippen LogP contribution >= 0.6 is 23.2 Å². The van der Waals surface area contributed by atoms with E-state index in [0.717, 1.165) is 17.9 Å². The maximum absolute atomic E-state index is 6.17. The fourth-order valence-electron chi connectivity index (χ4n) is 2.52. The Kier molecular flexibility index (Phi) is 4.72. The Bertz CT molecular complexity index is 378. The molecular weight excluding hydrogens is 253 g/mol. The quantitative estimate of drug-likeness (QED) is 0.856. The van der Waals surface area contributed by atoms with Gasteiger partial charge in [0.1, 0.15) is 0 Å². The molecule has 1 aliphatic heterocycles. The van der Waals surface area contributed by atoms with Crippen LogP contribution < -0.4 is 5.32 Å². The molecule has 1 nitrogen and oxygen atoms in total. The van der Waals surface area contributed by atoms with Gasteiger partial charge in [0, 0.05) is 22.1 Å². The Morgan fingerprint density at radius 2 is 2.12 bits per heavy atom. The summed E-state index contributed by atoms with van der Waals surface area (Å²) in [6, 6.07) is 7.09. The van der Waals surface area contributed by atoms with Gasteiger partial charge >= 0.3 is 0 Å². The number of aryl methyl sites for hydroxylation is 1. The summed E-state index contributed by atoms with van der Waals surface area (Å²) in [5.41, 5.74) is 1.20. The minimum Gasteiger partial charge on any atom is -0.311 e. The van der Waals surface area contributed by atoms with E-state index in [1.807, 2.05) is 18.2 Å². The van der Waals surface area contributed by atoms with Gasteiger partial charge in [-0.05, 0) is 50.3 Å². The van der Waals surface area contributed by atoms with Crippen LogP contribution in [0.3, 0.4) is 0 Å². The predicted molar refractivity (Wildman–Crippen MR) is 75.0 cm³/mol. The van der Waals surface area contributed by atoms with Crippen LogP contribution in [-0.2, 0) is 6.42 Å². The molecule has 1 N–H and O–H groups in total. The molecule has 1 aliphatic rings. The first-order chi connectivity index (χ1) is 8.15. The zero-order valence-corrected chi connectivity index (χ0v) is 11.7. The van der Waals surface area contributed by atoms with Gasteiger partial charge in [0.05, 0.1) is 0 Å². The minimum atomic E-state index is 0.644. The fraction of sp³-hybridized carbons (Fsp3) is 0.571. The zero-order valence-electron chi connectivity index (χ0n) is 10.2. The van der Waals surface area contributed by atoms with Crippen molar-refractivity contribution in [3.8, 4) is 0 Å². The van der Waals surface area contributed by atoms with Crippen molar-refractivity contribution in [1.82, 2.24) is 5.32 Å². The van der Waals surface area contributed by atoms with Gasteiger partial charge in [-0.15, -0.1) is 0 Å². The molecule has 0 amide bonds. The van der Waals surface area contributed by atoms with Crippen LogP contribution in [0.15, 0.2) is 18.2 Å². The highest BCUT2D eigenvalue weighted by molar-refractivity contribution is 6.35. The topological polar surface area (TPSA) is 12.0 Å². The van der Waals surface area contributed by atoms with E-state index in [4.69, 9.17) is 23.2 Å². The van der Waals surface area contributed by atoms with Crippen molar-refractivity contribution < 1.29 is 0 Å². The Balaban J connectivity index is 1.88. The van der Waals surface area contributed by atoms with Crippen molar-refractivity contribution in [2.24, 2.45) is 0 Å². The molecule has 0 radical (unpaired) electrons. The van der Waals surface area contributed by atoms with Gasteiger partial charge in [-0.2, -0.15) is 0 Å². The van der Waals surface area contributed by atoms with E-state index in [1.54, 1.807) is 0 Å². The molecule has 0 aliphatic carbocycles. The molecule has 1 heterocycles. The molecule has 2 rings (SSSR count). The van der Waals surface area contributed by atoms with Crippen molar-refractivity contribution >= 4 is 23.2 Å². The number of hydrogen-bond donors (Lipinski definition) is 1. The van der Waals surface area contributed by atoms with E-state index in [0.29, 0.717) is 17.1 Å². The van der Waals surface area contributed by atoms with E-state index in [-0.39, 0.29) is 0 Å². The predicted octanol–water partition coefficient (Wildman–Crippen LogP) is 4.46. The molecule has 2 atom stereocenters. The fourth-order valence-corrected chi connectivity index (χ4v) is 3.02. The van der Waals surface area contributed by atoms with Gasteiger partial charge in [-0.1, -0.05) is 35.7 Å². The normalized spacial score (nSPS) is 24.9. The summed E-state index contributed by atoms with van der Waals surface area (Å²) in [4.78, 5) is 0. The van der Waals surface area contributed by atoms with Crippen LogP contribution in [0.5, 0.6) is 0 Å². The first-order valence-corrected chi connectivity index (χ1v) is 7.10. The van der Waals surface area contributed by atoms with Gasteiger partial charge in [-0.25, -0.2) is 0 Å². The Hall–Kier alpha value is -0.240. The molecular formula is C14H19Cl2N. The molecule has 1 aromatic rings. The third kappa shape index (κ3) is 3.87. The molecule has 0 aromatic heterocycles. The molecule has 1 fully saturated rings. The lowest BCUT2D eigenvalue weighted by atomic mass is 9.95. The lowest BCUT2D eigenvalue weighted by Gasteiger charge is -2.28. The van der Waals surface area contributed by atoms with Gasteiger partial charge in [0.15, 0.2) is 0 Å². The van der Waals surface area contributed by atoms with E-state index in [9.17, 15) is 0 Å². The molecule has 17 heavy (non-hydrogen) atoms. The van der Waals surface area contributed by atoms with Crippen LogP contribution in [0.1, 0.15) is 38.2 Å². The van der Waals surface area contributed by atoms with Crippen LogP contribution in [0, 0.1) is 0 Å². The SMILES string of the molecule is CC1CCCC(CCc2ccc(Cl)cc2Cl)N1. The number of halogens is 2. The number of nitrogens with one attached hydrogen (secondary N) is 1. The average Bonchev–Trinajstić information content (AvgIpc) is 2.28. The largest absolute Gasteiger partial charge is 0.311 e. The molecule has 1 aromatic carbocycles. The van der Waals surface area contributed by atoms with Crippen LogP contribution in [0.25, 0.3) is 0 Å². The average molecular weight is 272 g/mol. The second kappa shape index (κ2) is 6.08. The van der Waals surface area contributed by atoms with Crippen molar-refractivity contribution in [2.45, 2.75) is 51.1 Å². The number of rotatable bonds is 3. The zero-order chi connectivity index (χ0) is 12.3. The first kappa shape index (κ1) is 13.2. The monoisotopic (exact) mass is 271 g/mol. The Morgan fingerprint density at radius 1 is 1.29 bits per heavy atom. The third-order valence-corrected chi connectivity index (χ3v) is 4.07. The summed E-state index contributed by atoms with van der Waals surface area (Å²) in [6.07, 6.45) is 6.12. The van der Waals surface area contributed by atoms with E-state index in [1.165, 1.54) is 24.8 Å². The molecule has 0 bridgehead atoms. The Morgan fingerprint density at radius 3 is 2.82 bits per heavy atom. The van der Waals surface area contributed by atoms with Gasteiger partial charge < -0.3 is 5.32 Å². The molecule has 0 saturated carbocycles. The summed E-state index contributed by atoms with van der Waals surface area (Å²) in [6.45, 7) is 2.27. The molecule has 3 heteroatoms. The van der Waals surface area contributed by atoms with Crippen molar-refractivity contribution in [3.63, 3.8) is 0 Å². The second-order valence-electron chi connectivity index (χ2n) is 4.97. The lowest BCUT2D eigenvalue weighted by Crippen LogP contribution is -2.40. The second-order valence-corrected chi connectivity index (χ2v) is 5.81. The molecule has 2 unspecified atom stereocenters. The molecule has 94 valence electrons. The summed E-state index contributed by atoms with van der Waals surface area (Å²) in [5, 5.41) is 5.15. The third-order valence-electron chi connectivity index (χ3n) is 3.49. The van der Waals surface area contributed by atoms with E-state index < -0.39 is 0 Å². The first-order valence-electron chi connectivity index (χ1n) is 6.35. The van der Waals surface area contributed by atoms with Gasteiger partial charge in [-0.3, -0.25) is 0 Å².